The average molecular weight is 592 g/mol. The van der Waals surface area contributed by atoms with Crippen LogP contribution >= 0.6 is 0 Å². The molecule has 1 saturated carbocycles. The van der Waals surface area contributed by atoms with Gasteiger partial charge in [-0.05, 0) is 70.4 Å². The predicted octanol–water partition coefficient (Wildman–Crippen LogP) is 3.57. The minimum Gasteiger partial charge on any atom is -0.486 e. The van der Waals surface area contributed by atoms with E-state index in [4.69, 9.17) is 9.72 Å². The number of carboxylic acid groups (broad SMARTS) is 1. The van der Waals surface area contributed by atoms with Gasteiger partial charge in [0.05, 0.1) is 17.5 Å². The summed E-state index contributed by atoms with van der Waals surface area (Å²) in [4.78, 5) is 53.1. The third-order valence-corrected chi connectivity index (χ3v) is 8.66. The van der Waals surface area contributed by atoms with Crippen molar-refractivity contribution in [3.8, 4) is 5.75 Å². The number of nitrogens with zero attached hydrogens (tertiary/aromatic N) is 5. The number of amides is 2. The van der Waals surface area contributed by atoms with Crippen LogP contribution in [-0.4, -0.2) is 89.7 Å². The summed E-state index contributed by atoms with van der Waals surface area (Å²) in [6.07, 6.45) is 8.30. The molecule has 3 N–H and O–H groups in total. The summed E-state index contributed by atoms with van der Waals surface area (Å²) >= 11 is 0. The lowest BCUT2D eigenvalue weighted by Gasteiger charge is -2.43. The number of benzene rings is 1. The monoisotopic (exact) mass is 591 g/mol. The number of hydrogen-bond acceptors (Lipinski definition) is 9. The Hall–Kier alpha value is -4.19. The lowest BCUT2D eigenvalue weighted by atomic mass is 10.0. The van der Waals surface area contributed by atoms with Gasteiger partial charge in [-0.2, -0.15) is 4.98 Å². The number of anilines is 4. The van der Waals surface area contributed by atoms with Crippen molar-refractivity contribution in [2.45, 2.75) is 70.0 Å². The summed E-state index contributed by atoms with van der Waals surface area (Å²) in [5.74, 6) is -0.0850. The van der Waals surface area contributed by atoms with Gasteiger partial charge >= 0.3 is 5.97 Å². The van der Waals surface area contributed by atoms with Crippen molar-refractivity contribution in [2.24, 2.45) is 0 Å². The molecule has 1 atom stereocenters. The molecule has 1 saturated heterocycles. The fourth-order valence-electron chi connectivity index (χ4n) is 6.10. The van der Waals surface area contributed by atoms with Crippen LogP contribution in [0, 0.1) is 0 Å². The number of carbonyl (C=O) groups excluding carboxylic acids is 2. The molecule has 2 aliphatic heterocycles. The largest absolute Gasteiger partial charge is 0.486 e. The van der Waals surface area contributed by atoms with Crippen LogP contribution < -0.4 is 25.2 Å². The van der Waals surface area contributed by atoms with Crippen LogP contribution in [0.3, 0.4) is 0 Å². The van der Waals surface area contributed by atoms with Gasteiger partial charge in [0.2, 0.25) is 11.9 Å². The SMILES string of the molecule is C=C(COc1cc(C(=O)NC2CCN(C)CC2)ccc1Nc1ncc2c(n1)N(C1CCCC1)[C@H](CC)C(=O)N2C)C(=O)O. The molecule has 0 spiro atoms. The number of nitrogens with one attached hydrogen (secondary N) is 2. The van der Waals surface area contributed by atoms with Crippen molar-refractivity contribution >= 4 is 40.9 Å². The number of rotatable bonds is 10. The van der Waals surface area contributed by atoms with E-state index >= 15 is 0 Å². The highest BCUT2D eigenvalue weighted by Gasteiger charge is 2.41. The molecule has 3 heterocycles. The third-order valence-electron chi connectivity index (χ3n) is 8.66. The summed E-state index contributed by atoms with van der Waals surface area (Å²) in [6.45, 7) is 7.14. The number of ether oxygens (including phenoxy) is 1. The van der Waals surface area contributed by atoms with Gasteiger partial charge in [-0.25, -0.2) is 9.78 Å². The van der Waals surface area contributed by atoms with Gasteiger partial charge in [-0.1, -0.05) is 26.3 Å². The molecule has 12 nitrogen and oxygen atoms in total. The first kappa shape index (κ1) is 30.3. The number of aromatic nitrogens is 2. The fraction of sp³-hybridized carbons (Fsp3) is 0.516. The number of fused-ring (bicyclic) bond motifs is 1. The smallest absolute Gasteiger partial charge is 0.334 e. The minimum atomic E-state index is -1.17. The van der Waals surface area contributed by atoms with Crippen LogP contribution in [0.25, 0.3) is 0 Å². The van der Waals surface area contributed by atoms with E-state index in [9.17, 15) is 19.5 Å². The van der Waals surface area contributed by atoms with Crippen LogP contribution in [0.1, 0.15) is 62.2 Å². The van der Waals surface area contributed by atoms with Gasteiger partial charge < -0.3 is 35.2 Å². The average Bonchev–Trinajstić information content (AvgIpc) is 3.53. The van der Waals surface area contributed by atoms with E-state index in [0.29, 0.717) is 35.1 Å². The summed E-state index contributed by atoms with van der Waals surface area (Å²) in [5.41, 5.74) is 1.39. The van der Waals surface area contributed by atoms with Gasteiger partial charge in [-0.15, -0.1) is 0 Å². The summed E-state index contributed by atoms with van der Waals surface area (Å²) in [5, 5.41) is 15.6. The molecule has 230 valence electrons. The van der Waals surface area contributed by atoms with E-state index in [1.54, 1.807) is 36.3 Å². The number of carbonyl (C=O) groups is 3. The van der Waals surface area contributed by atoms with Crippen molar-refractivity contribution in [3.05, 3.63) is 42.1 Å². The summed E-state index contributed by atoms with van der Waals surface area (Å²) in [7, 11) is 3.82. The Balaban J connectivity index is 1.43. The van der Waals surface area contributed by atoms with E-state index in [-0.39, 0.29) is 47.9 Å². The third kappa shape index (κ3) is 6.58. The highest BCUT2D eigenvalue weighted by atomic mass is 16.5. The Morgan fingerprint density at radius 2 is 1.86 bits per heavy atom. The first-order valence-corrected chi connectivity index (χ1v) is 15.0. The molecule has 1 aromatic heterocycles. The molecular formula is C31H41N7O5. The van der Waals surface area contributed by atoms with Crippen LogP contribution in [0.15, 0.2) is 36.5 Å². The van der Waals surface area contributed by atoms with Gasteiger partial charge in [0.1, 0.15) is 24.1 Å². The summed E-state index contributed by atoms with van der Waals surface area (Å²) < 4.78 is 5.86. The van der Waals surface area contributed by atoms with Crippen LogP contribution in [0.2, 0.25) is 0 Å². The number of likely N-dealkylation sites (N-methyl/N-ethyl adjacent to an activating group) is 1. The molecule has 1 aliphatic carbocycles. The molecule has 2 amide bonds. The molecule has 43 heavy (non-hydrogen) atoms. The van der Waals surface area contributed by atoms with E-state index < -0.39 is 5.97 Å². The Kier molecular flexibility index (Phi) is 9.14. The highest BCUT2D eigenvalue weighted by molar-refractivity contribution is 6.04. The Labute approximate surface area is 252 Å². The molecule has 12 heteroatoms. The van der Waals surface area contributed by atoms with Crippen molar-refractivity contribution in [3.63, 3.8) is 0 Å². The minimum absolute atomic E-state index is 0.0367. The zero-order chi connectivity index (χ0) is 30.7. The number of carboxylic acids is 1. The number of piperidine rings is 1. The molecule has 5 rings (SSSR count). The quantitative estimate of drug-likeness (QED) is 0.351. The predicted molar refractivity (Wildman–Crippen MR) is 164 cm³/mol. The van der Waals surface area contributed by atoms with Gasteiger partial charge in [-0.3, -0.25) is 9.59 Å². The zero-order valence-corrected chi connectivity index (χ0v) is 25.1. The molecule has 1 aromatic carbocycles. The Bertz CT molecular complexity index is 1380. The normalized spacial score (nSPS) is 19.7. The molecule has 0 radical (unpaired) electrons. The second-order valence-electron chi connectivity index (χ2n) is 11.7. The zero-order valence-electron chi connectivity index (χ0n) is 25.1. The molecule has 3 aliphatic rings. The van der Waals surface area contributed by atoms with E-state index in [0.717, 1.165) is 51.6 Å². The topological polar surface area (TPSA) is 140 Å². The number of aliphatic carboxylic acids is 1. The summed E-state index contributed by atoms with van der Waals surface area (Å²) in [6, 6.07) is 4.99. The highest BCUT2D eigenvalue weighted by Crippen LogP contribution is 2.40. The van der Waals surface area contributed by atoms with Crippen molar-refractivity contribution in [1.29, 1.82) is 0 Å². The van der Waals surface area contributed by atoms with E-state index in [1.165, 1.54) is 0 Å². The van der Waals surface area contributed by atoms with Crippen molar-refractivity contribution in [2.75, 3.05) is 48.9 Å². The maximum Gasteiger partial charge on any atom is 0.334 e. The molecule has 2 fully saturated rings. The molecule has 2 aromatic rings. The fourth-order valence-corrected chi connectivity index (χ4v) is 6.10. The maximum atomic E-state index is 13.2. The lowest BCUT2D eigenvalue weighted by Crippen LogP contribution is -2.55. The van der Waals surface area contributed by atoms with E-state index in [2.05, 4.69) is 39.0 Å². The van der Waals surface area contributed by atoms with Gasteiger partial charge in [0.25, 0.3) is 5.91 Å². The second kappa shape index (κ2) is 13.0. The first-order valence-electron chi connectivity index (χ1n) is 15.0. The van der Waals surface area contributed by atoms with Crippen LogP contribution in [0.5, 0.6) is 5.75 Å². The standard InChI is InChI=1S/C31H41N7O5/c1-5-24-29(40)37(4)25-17-32-31(35-27(25)38(24)22-8-6-7-9-22)34-23-11-10-20(16-26(23)43-18-19(2)30(41)42)28(39)33-21-12-14-36(3)15-13-21/h10-11,16-17,21-22,24H,2,5-9,12-15,18H2,1,3-4H3,(H,33,39)(H,41,42)(H,32,34,35)/t24-/m1/s1. The number of hydrogen-bond donors (Lipinski definition) is 3. The lowest BCUT2D eigenvalue weighted by molar-refractivity contribution is -0.133. The molecule has 0 bridgehead atoms. The molecule has 0 unspecified atom stereocenters. The Morgan fingerprint density at radius 3 is 2.53 bits per heavy atom. The molecular weight excluding hydrogens is 550 g/mol. The van der Waals surface area contributed by atoms with Crippen LogP contribution in [0.4, 0.5) is 23.1 Å². The number of likely N-dealkylation sites (tertiary alicyclic amines) is 1. The second-order valence-corrected chi connectivity index (χ2v) is 11.7. The first-order chi connectivity index (χ1) is 20.7. The van der Waals surface area contributed by atoms with Gasteiger partial charge in [0, 0.05) is 24.7 Å². The maximum absolute atomic E-state index is 13.2. The Morgan fingerprint density at radius 1 is 1.14 bits per heavy atom. The van der Waals surface area contributed by atoms with Crippen LogP contribution in [-0.2, 0) is 9.59 Å². The van der Waals surface area contributed by atoms with Gasteiger partial charge in [0.15, 0.2) is 5.82 Å². The van der Waals surface area contributed by atoms with Crippen molar-refractivity contribution in [1.82, 2.24) is 20.2 Å². The van der Waals surface area contributed by atoms with Crippen molar-refractivity contribution < 1.29 is 24.2 Å². The van der Waals surface area contributed by atoms with E-state index in [1.807, 2.05) is 6.92 Å².